The van der Waals surface area contributed by atoms with Crippen molar-refractivity contribution in [1.82, 2.24) is 14.7 Å². The highest BCUT2D eigenvalue weighted by Gasteiger charge is 2.21. The van der Waals surface area contributed by atoms with Crippen molar-refractivity contribution in [2.75, 3.05) is 18.4 Å². The summed E-state index contributed by atoms with van der Waals surface area (Å²) < 4.78 is 14.9. The normalized spacial score (nSPS) is 10.9. The summed E-state index contributed by atoms with van der Waals surface area (Å²) in [7, 11) is 0. The molecule has 0 aliphatic carbocycles. The fourth-order valence-electron chi connectivity index (χ4n) is 3.46. The highest BCUT2D eigenvalue weighted by atomic mass is 19.1. The number of hydrogen-bond donors (Lipinski definition) is 1. The van der Waals surface area contributed by atoms with E-state index < -0.39 is 0 Å². The van der Waals surface area contributed by atoms with Crippen LogP contribution in [-0.4, -0.2) is 39.6 Å². The average Bonchev–Trinajstić information content (AvgIpc) is 3.21. The summed E-state index contributed by atoms with van der Waals surface area (Å²) in [5.74, 6) is -0.643. The molecule has 0 fully saturated rings. The maximum atomic E-state index is 13.3. The van der Waals surface area contributed by atoms with Gasteiger partial charge in [0.15, 0.2) is 0 Å². The Labute approximate surface area is 181 Å². The van der Waals surface area contributed by atoms with Gasteiger partial charge in [0.1, 0.15) is 5.82 Å². The molecule has 0 spiro atoms. The molecule has 2 aromatic carbocycles. The first-order valence-corrected chi connectivity index (χ1v) is 10.4. The van der Waals surface area contributed by atoms with Gasteiger partial charge >= 0.3 is 0 Å². The lowest BCUT2D eigenvalue weighted by molar-refractivity contribution is 0.0773. The topological polar surface area (TPSA) is 67.2 Å². The number of anilines is 1. The number of hydrogen-bond acceptors (Lipinski definition) is 3. The smallest absolute Gasteiger partial charge is 0.259 e. The molecule has 1 N–H and O–H groups in total. The van der Waals surface area contributed by atoms with Crippen molar-refractivity contribution in [3.63, 3.8) is 0 Å². The summed E-state index contributed by atoms with van der Waals surface area (Å²) >= 11 is 0. The van der Waals surface area contributed by atoms with Crippen LogP contribution in [0.1, 0.15) is 60.0 Å². The first-order chi connectivity index (χ1) is 14.8. The highest BCUT2D eigenvalue weighted by molar-refractivity contribution is 6.05. The van der Waals surface area contributed by atoms with Crippen LogP contribution in [0.15, 0.2) is 54.7 Å². The molecule has 3 aromatic rings. The molecule has 0 atom stereocenters. The molecule has 0 aliphatic heterocycles. The summed E-state index contributed by atoms with van der Waals surface area (Å²) in [5.41, 5.74) is 3.03. The minimum absolute atomic E-state index is 0.0161. The van der Waals surface area contributed by atoms with E-state index >= 15 is 0 Å². The summed E-state index contributed by atoms with van der Waals surface area (Å²) in [6.07, 6.45) is 1.52. The number of aromatic nitrogens is 2. The molecular formula is C24H27FN4O2. The summed E-state index contributed by atoms with van der Waals surface area (Å²) in [4.78, 5) is 27.1. The number of halogens is 1. The van der Waals surface area contributed by atoms with Gasteiger partial charge in [-0.3, -0.25) is 9.59 Å². The predicted molar refractivity (Wildman–Crippen MR) is 119 cm³/mol. The zero-order valence-corrected chi connectivity index (χ0v) is 18.2. The van der Waals surface area contributed by atoms with Gasteiger partial charge < -0.3 is 10.2 Å². The molecule has 0 aliphatic rings. The third-order valence-corrected chi connectivity index (χ3v) is 5.11. The van der Waals surface area contributed by atoms with Gasteiger partial charge in [0.2, 0.25) is 0 Å². The van der Waals surface area contributed by atoms with E-state index in [0.29, 0.717) is 35.6 Å². The van der Waals surface area contributed by atoms with Crippen molar-refractivity contribution in [1.29, 1.82) is 0 Å². The van der Waals surface area contributed by atoms with Crippen LogP contribution in [0.5, 0.6) is 0 Å². The van der Waals surface area contributed by atoms with Gasteiger partial charge in [0.25, 0.3) is 11.8 Å². The lowest BCUT2D eigenvalue weighted by Crippen LogP contribution is -2.30. The molecule has 1 aromatic heterocycles. The molecule has 162 valence electrons. The Kier molecular flexibility index (Phi) is 6.84. The molecule has 6 nitrogen and oxygen atoms in total. The molecule has 3 rings (SSSR count). The minimum Gasteiger partial charge on any atom is -0.339 e. The molecule has 0 bridgehead atoms. The molecule has 7 heteroatoms. The van der Waals surface area contributed by atoms with E-state index in [1.54, 1.807) is 46.0 Å². The van der Waals surface area contributed by atoms with Gasteiger partial charge in [-0.2, -0.15) is 5.10 Å². The van der Waals surface area contributed by atoms with E-state index in [4.69, 9.17) is 0 Å². The molecule has 0 saturated carbocycles. The van der Waals surface area contributed by atoms with Gasteiger partial charge in [-0.25, -0.2) is 9.07 Å². The molecular weight excluding hydrogens is 395 g/mol. The zero-order chi connectivity index (χ0) is 22.5. The maximum absolute atomic E-state index is 13.3. The second-order valence-corrected chi connectivity index (χ2v) is 7.50. The van der Waals surface area contributed by atoms with E-state index in [2.05, 4.69) is 10.4 Å². The Bertz CT molecular complexity index is 1050. The van der Waals surface area contributed by atoms with Crippen LogP contribution in [-0.2, 0) is 0 Å². The van der Waals surface area contributed by atoms with Crippen molar-refractivity contribution < 1.29 is 14.0 Å². The lowest BCUT2D eigenvalue weighted by atomic mass is 10.0. The van der Waals surface area contributed by atoms with Gasteiger partial charge in [0.05, 0.1) is 23.1 Å². The number of nitrogens with one attached hydrogen (secondary N) is 1. The molecule has 31 heavy (non-hydrogen) atoms. The fraction of sp³-hybridized carbons (Fsp3) is 0.292. The maximum Gasteiger partial charge on any atom is 0.259 e. The van der Waals surface area contributed by atoms with Crippen LogP contribution in [0.3, 0.4) is 0 Å². The second-order valence-electron chi connectivity index (χ2n) is 7.50. The molecule has 0 radical (unpaired) electrons. The number of carbonyl (C=O) groups is 2. The van der Waals surface area contributed by atoms with Gasteiger partial charge in [-0.15, -0.1) is 0 Å². The Morgan fingerprint density at radius 1 is 1.03 bits per heavy atom. The van der Waals surface area contributed by atoms with Crippen LogP contribution >= 0.6 is 0 Å². The second kappa shape index (κ2) is 9.55. The quantitative estimate of drug-likeness (QED) is 0.591. The van der Waals surface area contributed by atoms with E-state index in [1.807, 2.05) is 27.7 Å². The van der Waals surface area contributed by atoms with Crippen molar-refractivity contribution in [2.24, 2.45) is 0 Å². The minimum atomic E-state index is -0.331. The van der Waals surface area contributed by atoms with Crippen LogP contribution in [0.25, 0.3) is 5.69 Å². The molecule has 1 heterocycles. The number of amides is 2. The predicted octanol–water partition coefficient (Wildman–Crippen LogP) is 4.87. The largest absolute Gasteiger partial charge is 0.339 e. The van der Waals surface area contributed by atoms with E-state index in [9.17, 15) is 14.0 Å². The standard InChI is InChI=1S/C24H27FN4O2/c1-5-28(6-2)24(31)17-7-11-19(12-8-17)27-23(30)21-15-26-29(22(21)16(3)4)20-13-9-18(25)10-14-20/h7-16H,5-6H2,1-4H3,(H,27,30). The number of nitrogens with zero attached hydrogens (tertiary/aromatic N) is 3. The Morgan fingerprint density at radius 3 is 2.19 bits per heavy atom. The van der Waals surface area contributed by atoms with Crippen LogP contribution in [0.4, 0.5) is 10.1 Å². The third kappa shape index (κ3) is 4.82. The summed E-state index contributed by atoms with van der Waals surface area (Å²) in [5, 5.41) is 7.23. The summed E-state index contributed by atoms with van der Waals surface area (Å²) in [6.45, 7) is 9.11. The van der Waals surface area contributed by atoms with Crippen molar-refractivity contribution >= 4 is 17.5 Å². The first kappa shape index (κ1) is 22.2. The first-order valence-electron chi connectivity index (χ1n) is 10.4. The molecule has 0 unspecified atom stereocenters. The lowest BCUT2D eigenvalue weighted by Gasteiger charge is -2.18. The van der Waals surface area contributed by atoms with Crippen molar-refractivity contribution in [3.05, 3.63) is 77.4 Å². The number of benzene rings is 2. The van der Waals surface area contributed by atoms with Gasteiger partial charge in [-0.05, 0) is 68.3 Å². The van der Waals surface area contributed by atoms with Crippen LogP contribution in [0, 0.1) is 5.82 Å². The zero-order valence-electron chi connectivity index (χ0n) is 18.2. The SMILES string of the molecule is CCN(CC)C(=O)c1ccc(NC(=O)c2cnn(-c3ccc(F)cc3)c2C(C)C)cc1. The molecule has 2 amide bonds. The van der Waals surface area contributed by atoms with Gasteiger partial charge in [-0.1, -0.05) is 13.8 Å². The number of carbonyl (C=O) groups excluding carboxylic acids is 2. The van der Waals surface area contributed by atoms with Crippen molar-refractivity contribution in [3.8, 4) is 5.69 Å². The van der Waals surface area contributed by atoms with E-state index in [0.717, 1.165) is 5.69 Å². The van der Waals surface area contributed by atoms with Gasteiger partial charge in [0, 0.05) is 24.3 Å². The Hall–Kier alpha value is -3.48. The number of rotatable bonds is 7. The highest BCUT2D eigenvalue weighted by Crippen LogP contribution is 2.24. The third-order valence-electron chi connectivity index (χ3n) is 5.11. The van der Waals surface area contributed by atoms with Crippen molar-refractivity contribution in [2.45, 2.75) is 33.6 Å². The monoisotopic (exact) mass is 422 g/mol. The van der Waals surface area contributed by atoms with Crippen LogP contribution in [0.2, 0.25) is 0 Å². The fourth-order valence-corrected chi connectivity index (χ4v) is 3.46. The van der Waals surface area contributed by atoms with E-state index in [-0.39, 0.29) is 23.5 Å². The van der Waals surface area contributed by atoms with Crippen LogP contribution < -0.4 is 5.32 Å². The molecule has 0 saturated heterocycles. The Morgan fingerprint density at radius 2 is 1.65 bits per heavy atom. The summed E-state index contributed by atoms with van der Waals surface area (Å²) in [6, 6.07) is 12.8. The van der Waals surface area contributed by atoms with E-state index in [1.165, 1.54) is 18.3 Å². The Balaban J connectivity index is 1.82. The average molecular weight is 423 g/mol.